The second kappa shape index (κ2) is 12.9. The van der Waals surface area contributed by atoms with Crippen LogP contribution in [-0.4, -0.2) is 53.2 Å². The molecule has 0 amide bonds. The number of guanidine groups is 1. The Hall–Kier alpha value is -1.68. The summed E-state index contributed by atoms with van der Waals surface area (Å²) in [4.78, 5) is 11.7. The van der Waals surface area contributed by atoms with E-state index in [0.717, 1.165) is 44.4 Å². The smallest absolute Gasteiger partial charge is 0.228 e. The third-order valence-electron chi connectivity index (χ3n) is 5.04. The van der Waals surface area contributed by atoms with E-state index in [1.807, 2.05) is 0 Å². The molecule has 0 saturated carbocycles. The number of benzene rings is 1. The first kappa shape index (κ1) is 24.6. The molecule has 1 atom stereocenters. The van der Waals surface area contributed by atoms with Gasteiger partial charge in [-0.2, -0.15) is 4.98 Å². The van der Waals surface area contributed by atoms with Crippen LogP contribution < -0.4 is 10.6 Å². The van der Waals surface area contributed by atoms with Crippen molar-refractivity contribution in [3.63, 3.8) is 0 Å². The minimum atomic E-state index is 0. The van der Waals surface area contributed by atoms with Gasteiger partial charge in [0.2, 0.25) is 5.89 Å². The molecule has 0 radical (unpaired) electrons. The maximum absolute atomic E-state index is 5.31. The van der Waals surface area contributed by atoms with E-state index >= 15 is 0 Å². The summed E-state index contributed by atoms with van der Waals surface area (Å²) in [6.07, 6.45) is 3.02. The maximum atomic E-state index is 5.31. The number of nitrogens with zero attached hydrogens (tertiary/aromatic N) is 4. The van der Waals surface area contributed by atoms with Crippen molar-refractivity contribution in [2.75, 3.05) is 26.2 Å². The van der Waals surface area contributed by atoms with Crippen LogP contribution >= 0.6 is 24.0 Å². The molecule has 1 fully saturated rings. The van der Waals surface area contributed by atoms with Gasteiger partial charge < -0.3 is 15.2 Å². The van der Waals surface area contributed by atoms with Gasteiger partial charge in [0, 0.05) is 38.0 Å². The monoisotopic (exact) mass is 526 g/mol. The highest BCUT2D eigenvalue weighted by atomic mass is 127. The third kappa shape index (κ3) is 7.86. The van der Waals surface area contributed by atoms with Gasteiger partial charge in [-0.3, -0.25) is 9.89 Å². The molecule has 1 unspecified atom stereocenters. The molecular formula is C22H35IN6O. The summed E-state index contributed by atoms with van der Waals surface area (Å²) in [6, 6.07) is 11.1. The van der Waals surface area contributed by atoms with Crippen LogP contribution in [0.1, 0.15) is 56.8 Å². The molecule has 0 bridgehead atoms. The number of hydrogen-bond acceptors (Lipinski definition) is 5. The summed E-state index contributed by atoms with van der Waals surface area (Å²) in [5.74, 6) is 2.55. The van der Waals surface area contributed by atoms with Crippen molar-refractivity contribution < 1.29 is 4.52 Å². The number of likely N-dealkylation sites (tertiary alicyclic amines) is 1. The van der Waals surface area contributed by atoms with Gasteiger partial charge in [0.15, 0.2) is 11.8 Å². The number of rotatable bonds is 8. The van der Waals surface area contributed by atoms with Crippen molar-refractivity contribution in [1.82, 2.24) is 25.7 Å². The first-order valence-electron chi connectivity index (χ1n) is 10.8. The van der Waals surface area contributed by atoms with Crippen molar-refractivity contribution in [2.24, 2.45) is 4.99 Å². The lowest BCUT2D eigenvalue weighted by Crippen LogP contribution is -2.51. The minimum absolute atomic E-state index is 0. The van der Waals surface area contributed by atoms with Crippen molar-refractivity contribution in [3.05, 3.63) is 47.6 Å². The molecule has 1 aromatic heterocycles. The molecule has 30 heavy (non-hydrogen) atoms. The van der Waals surface area contributed by atoms with E-state index in [9.17, 15) is 0 Å². The summed E-state index contributed by atoms with van der Waals surface area (Å²) in [5, 5.41) is 11.0. The second-order valence-electron chi connectivity index (χ2n) is 7.92. The Labute approximate surface area is 197 Å². The molecule has 2 aromatic rings. The summed E-state index contributed by atoms with van der Waals surface area (Å²) in [5.41, 5.74) is 1.37. The zero-order chi connectivity index (χ0) is 20.5. The summed E-state index contributed by atoms with van der Waals surface area (Å²) in [6.45, 7) is 10.8. The predicted molar refractivity (Wildman–Crippen MR) is 131 cm³/mol. The lowest BCUT2D eigenvalue weighted by molar-refractivity contribution is 0.192. The van der Waals surface area contributed by atoms with Gasteiger partial charge in [0.05, 0.1) is 6.54 Å². The van der Waals surface area contributed by atoms with Crippen molar-refractivity contribution in [3.8, 4) is 0 Å². The SMILES string of the molecule is CCNC(=NCCc1nc(C(C)C)no1)NC1CCCN(Cc2ccccc2)C1.I. The number of nitrogens with one attached hydrogen (secondary N) is 2. The lowest BCUT2D eigenvalue weighted by atomic mass is 10.0. The molecule has 166 valence electrons. The van der Waals surface area contributed by atoms with E-state index in [1.165, 1.54) is 12.0 Å². The molecule has 2 N–H and O–H groups in total. The Morgan fingerprint density at radius 3 is 2.80 bits per heavy atom. The number of aromatic nitrogens is 2. The van der Waals surface area contributed by atoms with Crippen LogP contribution in [0.2, 0.25) is 0 Å². The normalized spacial score (nSPS) is 17.6. The zero-order valence-electron chi connectivity index (χ0n) is 18.3. The van der Waals surface area contributed by atoms with Crippen LogP contribution in [0.3, 0.4) is 0 Å². The fourth-order valence-corrected chi connectivity index (χ4v) is 3.54. The van der Waals surface area contributed by atoms with Gasteiger partial charge >= 0.3 is 0 Å². The molecule has 1 saturated heterocycles. The topological polar surface area (TPSA) is 78.6 Å². The average Bonchev–Trinajstić information content (AvgIpc) is 3.19. The van der Waals surface area contributed by atoms with Crippen LogP contribution in [0.5, 0.6) is 0 Å². The number of aliphatic imine (C=N–C) groups is 1. The quantitative estimate of drug-likeness (QED) is 0.311. The number of hydrogen-bond donors (Lipinski definition) is 2. The fourth-order valence-electron chi connectivity index (χ4n) is 3.54. The Morgan fingerprint density at radius 2 is 2.10 bits per heavy atom. The van der Waals surface area contributed by atoms with E-state index in [4.69, 9.17) is 9.52 Å². The van der Waals surface area contributed by atoms with Crippen molar-refractivity contribution >= 4 is 29.9 Å². The lowest BCUT2D eigenvalue weighted by Gasteiger charge is -2.34. The van der Waals surface area contributed by atoms with E-state index in [2.05, 4.69) is 76.8 Å². The highest BCUT2D eigenvalue weighted by Crippen LogP contribution is 2.14. The van der Waals surface area contributed by atoms with E-state index in [1.54, 1.807) is 0 Å². The van der Waals surface area contributed by atoms with Crippen LogP contribution in [-0.2, 0) is 13.0 Å². The van der Waals surface area contributed by atoms with Crippen molar-refractivity contribution in [2.45, 2.75) is 58.5 Å². The Morgan fingerprint density at radius 1 is 1.30 bits per heavy atom. The van der Waals surface area contributed by atoms with Crippen LogP contribution in [0, 0.1) is 0 Å². The highest BCUT2D eigenvalue weighted by molar-refractivity contribution is 14.0. The van der Waals surface area contributed by atoms with Gasteiger partial charge in [-0.1, -0.05) is 49.3 Å². The number of piperidine rings is 1. The largest absolute Gasteiger partial charge is 0.357 e. The standard InChI is InChI=1S/C22H34N6O.HI/c1-4-23-22(24-13-12-20-26-21(17(2)3)27-29-20)25-19-11-8-14-28(16-19)15-18-9-6-5-7-10-18;/h5-7,9-10,17,19H,4,8,11-16H2,1-3H3,(H2,23,24,25);1H. The first-order chi connectivity index (χ1) is 14.1. The molecule has 0 aliphatic carbocycles. The minimum Gasteiger partial charge on any atom is -0.357 e. The zero-order valence-corrected chi connectivity index (χ0v) is 20.6. The Kier molecular flexibility index (Phi) is 10.6. The molecule has 1 aromatic carbocycles. The highest BCUT2D eigenvalue weighted by Gasteiger charge is 2.20. The first-order valence-corrected chi connectivity index (χ1v) is 10.8. The second-order valence-corrected chi connectivity index (χ2v) is 7.92. The van der Waals surface area contributed by atoms with Gasteiger partial charge in [-0.15, -0.1) is 24.0 Å². The van der Waals surface area contributed by atoms with E-state index in [0.29, 0.717) is 24.9 Å². The molecule has 7 nitrogen and oxygen atoms in total. The Balaban J connectivity index is 0.00000320. The molecule has 8 heteroatoms. The molecule has 0 spiro atoms. The Bertz CT molecular complexity index is 764. The molecular weight excluding hydrogens is 491 g/mol. The van der Waals surface area contributed by atoms with Crippen LogP contribution in [0.25, 0.3) is 0 Å². The summed E-state index contributed by atoms with van der Waals surface area (Å²) in [7, 11) is 0. The summed E-state index contributed by atoms with van der Waals surface area (Å²) >= 11 is 0. The van der Waals surface area contributed by atoms with Crippen LogP contribution in [0.4, 0.5) is 0 Å². The van der Waals surface area contributed by atoms with E-state index in [-0.39, 0.29) is 29.9 Å². The van der Waals surface area contributed by atoms with Gasteiger partial charge in [-0.05, 0) is 31.9 Å². The fraction of sp³-hybridized carbons (Fsp3) is 0.591. The predicted octanol–water partition coefficient (Wildman–Crippen LogP) is 3.57. The molecule has 3 rings (SSSR count). The van der Waals surface area contributed by atoms with Gasteiger partial charge in [0.25, 0.3) is 0 Å². The average molecular weight is 526 g/mol. The van der Waals surface area contributed by atoms with Crippen LogP contribution in [0.15, 0.2) is 39.8 Å². The maximum Gasteiger partial charge on any atom is 0.228 e. The molecule has 1 aliphatic rings. The summed E-state index contributed by atoms with van der Waals surface area (Å²) < 4.78 is 5.31. The van der Waals surface area contributed by atoms with E-state index < -0.39 is 0 Å². The van der Waals surface area contributed by atoms with Gasteiger partial charge in [0.1, 0.15) is 0 Å². The molecule has 1 aliphatic heterocycles. The third-order valence-corrected chi connectivity index (χ3v) is 5.04. The number of halogens is 1. The molecule has 2 heterocycles. The van der Waals surface area contributed by atoms with Gasteiger partial charge in [-0.25, -0.2) is 0 Å². The van der Waals surface area contributed by atoms with Crippen molar-refractivity contribution in [1.29, 1.82) is 0 Å².